The molecule has 0 aliphatic carbocycles. The van der Waals surface area contributed by atoms with E-state index >= 15 is 0 Å². The van der Waals surface area contributed by atoms with Crippen molar-refractivity contribution in [1.82, 2.24) is 4.90 Å². The Balaban J connectivity index is 1.28. The number of benzene rings is 1. The molecule has 0 saturated carbocycles. The largest absolute Gasteiger partial charge is 0.497 e. The summed E-state index contributed by atoms with van der Waals surface area (Å²) in [6.07, 6.45) is 3.93. The predicted octanol–water partition coefficient (Wildman–Crippen LogP) is 6.49. The topological polar surface area (TPSA) is 51.9 Å². The molecule has 3 fully saturated rings. The van der Waals surface area contributed by atoms with Gasteiger partial charge in [0.25, 0.3) is 0 Å². The number of hydrogen-bond acceptors (Lipinski definition) is 5. The van der Waals surface area contributed by atoms with E-state index in [1.54, 1.807) is 17.0 Å². The van der Waals surface area contributed by atoms with Crippen molar-refractivity contribution in [3.63, 3.8) is 0 Å². The van der Waals surface area contributed by atoms with E-state index in [1.807, 2.05) is 31.3 Å². The van der Waals surface area contributed by atoms with Gasteiger partial charge in [-0.1, -0.05) is 12.1 Å². The van der Waals surface area contributed by atoms with Crippen molar-refractivity contribution in [3.8, 4) is 5.75 Å². The number of thiophene rings is 1. The van der Waals surface area contributed by atoms with E-state index in [9.17, 15) is 9.18 Å². The molecule has 3 aromatic rings. The van der Waals surface area contributed by atoms with Gasteiger partial charge in [0.2, 0.25) is 0 Å². The molecule has 3 saturated heterocycles. The number of quaternary nitrogens is 1. The van der Waals surface area contributed by atoms with Crippen LogP contribution in [0.5, 0.6) is 5.75 Å². The molecule has 1 amide bonds. The molecule has 0 N–H and O–H groups in total. The number of halogens is 1. The summed E-state index contributed by atoms with van der Waals surface area (Å²) in [6.45, 7) is 8.49. The maximum absolute atomic E-state index is 14.9. The number of amides is 1. The van der Waals surface area contributed by atoms with Gasteiger partial charge in [0, 0.05) is 47.3 Å². The first-order chi connectivity index (χ1) is 18.3. The number of carbonyl (C=O) groups is 1. The van der Waals surface area contributed by atoms with Crippen molar-refractivity contribution < 1.29 is 27.6 Å². The van der Waals surface area contributed by atoms with Gasteiger partial charge in [0.15, 0.2) is 6.10 Å². The van der Waals surface area contributed by atoms with Crippen molar-refractivity contribution >= 4 is 17.4 Å². The average molecular weight is 542 g/mol. The minimum atomic E-state index is -0.402. The van der Waals surface area contributed by atoms with Crippen molar-refractivity contribution in [2.24, 2.45) is 5.92 Å². The molecule has 1 aromatic carbocycles. The molecular formula is C30H38FN2O4S+. The molecule has 2 bridgehead atoms. The number of aryl methyl sites for hydroxylation is 3. The molecule has 204 valence electrons. The second-order valence-corrected chi connectivity index (χ2v) is 11.9. The van der Waals surface area contributed by atoms with Gasteiger partial charge in [0.05, 0.1) is 39.8 Å². The summed E-state index contributed by atoms with van der Waals surface area (Å²) in [5.74, 6) is 1.98. The molecule has 3 aliphatic rings. The van der Waals surface area contributed by atoms with Crippen molar-refractivity contribution in [3.05, 3.63) is 75.1 Å². The number of nitrogens with zero attached hydrogens (tertiary/aromatic N) is 2. The lowest BCUT2D eigenvalue weighted by Gasteiger charge is -2.52. The Morgan fingerprint density at radius 3 is 2.61 bits per heavy atom. The van der Waals surface area contributed by atoms with Crippen LogP contribution in [0.4, 0.5) is 9.18 Å². The van der Waals surface area contributed by atoms with Crippen LogP contribution < -0.4 is 4.74 Å². The number of methoxy groups -OCH3 is 1. The highest BCUT2D eigenvalue weighted by molar-refractivity contribution is 7.09. The molecule has 2 aromatic heterocycles. The molecule has 3 aliphatic heterocycles. The maximum atomic E-state index is 14.9. The average Bonchev–Trinajstić information content (AvgIpc) is 3.54. The fourth-order valence-electron chi connectivity index (χ4n) is 6.14. The lowest BCUT2D eigenvalue weighted by atomic mass is 9.83. The van der Waals surface area contributed by atoms with Gasteiger partial charge in [-0.2, -0.15) is 0 Å². The summed E-state index contributed by atoms with van der Waals surface area (Å²) in [5, 5.41) is 2.14. The van der Waals surface area contributed by atoms with Gasteiger partial charge in [0.1, 0.15) is 29.6 Å². The van der Waals surface area contributed by atoms with Gasteiger partial charge in [-0.15, -0.1) is 11.3 Å². The third kappa shape index (κ3) is 6.07. The second-order valence-electron chi connectivity index (χ2n) is 10.9. The predicted molar refractivity (Wildman–Crippen MR) is 146 cm³/mol. The van der Waals surface area contributed by atoms with Crippen LogP contribution in [-0.2, 0) is 24.2 Å². The Bertz CT molecular complexity index is 1230. The van der Waals surface area contributed by atoms with E-state index < -0.39 is 11.9 Å². The van der Waals surface area contributed by atoms with E-state index in [4.69, 9.17) is 13.9 Å². The molecule has 1 unspecified atom stereocenters. The van der Waals surface area contributed by atoms with Crippen LogP contribution in [0.15, 0.2) is 46.2 Å². The summed E-state index contributed by atoms with van der Waals surface area (Å²) < 4.78 is 33.0. The fourth-order valence-corrected chi connectivity index (χ4v) is 6.89. The summed E-state index contributed by atoms with van der Waals surface area (Å²) in [5.41, 5.74) is 1.32. The van der Waals surface area contributed by atoms with Crippen LogP contribution in [-0.4, -0.2) is 54.9 Å². The van der Waals surface area contributed by atoms with Crippen molar-refractivity contribution in [2.45, 2.75) is 58.7 Å². The number of piperidine rings is 3. The minimum absolute atomic E-state index is 0.108. The first-order valence-corrected chi connectivity index (χ1v) is 14.4. The first-order valence-electron chi connectivity index (χ1n) is 13.6. The van der Waals surface area contributed by atoms with E-state index in [1.165, 1.54) is 18.1 Å². The van der Waals surface area contributed by atoms with Gasteiger partial charge in [-0.3, -0.25) is 4.90 Å². The summed E-state index contributed by atoms with van der Waals surface area (Å²) >= 11 is 1.82. The second kappa shape index (κ2) is 11.5. The minimum Gasteiger partial charge on any atom is -0.497 e. The Morgan fingerprint density at radius 1 is 1.16 bits per heavy atom. The Hall–Kier alpha value is -2.84. The number of carbonyl (C=O) groups excluding carboxylic acids is 1. The van der Waals surface area contributed by atoms with E-state index in [0.29, 0.717) is 23.8 Å². The molecule has 6 rings (SSSR count). The highest BCUT2D eigenvalue weighted by atomic mass is 32.1. The fraction of sp³-hybridized carbons (Fsp3) is 0.500. The van der Waals surface area contributed by atoms with Gasteiger partial charge >= 0.3 is 6.09 Å². The smallest absolute Gasteiger partial charge is 0.410 e. The molecule has 0 radical (unpaired) electrons. The standard InChI is InChI=1S/C30H38FN2O4S/c1-21-16-25(22(2)36-21)19-32(18-24-8-9-26(35-3)17-28(24)31)30(34)37-29-20-33(13-10-23(29)11-14-33)12-4-6-27-7-5-15-38-27/h5,7-9,15-17,23,29H,4,6,10-14,18-20H2,1-3H3/q+1. The molecule has 1 atom stereocenters. The number of ether oxygens (including phenoxy) is 2. The normalized spacial score (nSPS) is 22.4. The maximum Gasteiger partial charge on any atom is 0.410 e. The third-order valence-electron chi connectivity index (χ3n) is 8.31. The number of rotatable bonds is 10. The Labute approximate surface area is 228 Å². The first kappa shape index (κ1) is 26.8. The monoisotopic (exact) mass is 541 g/mol. The highest BCUT2D eigenvalue weighted by Gasteiger charge is 2.47. The van der Waals surface area contributed by atoms with Crippen LogP contribution >= 0.6 is 11.3 Å². The quantitative estimate of drug-likeness (QED) is 0.276. The van der Waals surface area contributed by atoms with Crippen LogP contribution in [0.25, 0.3) is 0 Å². The van der Waals surface area contributed by atoms with Crippen molar-refractivity contribution in [1.29, 1.82) is 0 Å². The number of furan rings is 1. The third-order valence-corrected chi connectivity index (χ3v) is 9.25. The molecule has 0 spiro atoms. The molecule has 5 heterocycles. The molecular weight excluding hydrogens is 503 g/mol. The highest BCUT2D eigenvalue weighted by Crippen LogP contribution is 2.36. The van der Waals surface area contributed by atoms with Crippen LogP contribution in [0.3, 0.4) is 0 Å². The number of hydrogen-bond donors (Lipinski definition) is 0. The molecule has 38 heavy (non-hydrogen) atoms. The summed E-state index contributed by atoms with van der Waals surface area (Å²) in [4.78, 5) is 16.7. The SMILES string of the molecule is COc1ccc(CN(Cc2cc(C)oc2C)C(=O)OC2C[N+]3(CCCc4cccs4)CCC2CC3)c(F)c1. The van der Waals surface area contributed by atoms with Crippen LogP contribution in [0.1, 0.15) is 46.8 Å². The Kier molecular flexibility index (Phi) is 8.09. The summed E-state index contributed by atoms with van der Waals surface area (Å²) in [7, 11) is 1.51. The summed E-state index contributed by atoms with van der Waals surface area (Å²) in [6, 6.07) is 11.0. The Morgan fingerprint density at radius 2 is 1.95 bits per heavy atom. The van der Waals surface area contributed by atoms with Crippen LogP contribution in [0, 0.1) is 25.6 Å². The van der Waals surface area contributed by atoms with Crippen molar-refractivity contribution in [2.75, 3.05) is 33.3 Å². The number of fused-ring (bicyclic) bond motifs is 3. The lowest BCUT2D eigenvalue weighted by molar-refractivity contribution is -0.946. The van der Waals surface area contributed by atoms with E-state index in [2.05, 4.69) is 17.5 Å². The zero-order chi connectivity index (χ0) is 26.7. The van der Waals surface area contributed by atoms with Gasteiger partial charge < -0.3 is 18.4 Å². The lowest BCUT2D eigenvalue weighted by Crippen LogP contribution is -2.65. The van der Waals surface area contributed by atoms with Gasteiger partial charge in [-0.05, 0) is 43.8 Å². The zero-order valence-electron chi connectivity index (χ0n) is 22.6. The van der Waals surface area contributed by atoms with E-state index in [0.717, 1.165) is 73.4 Å². The molecule has 6 nitrogen and oxygen atoms in total. The van der Waals surface area contributed by atoms with E-state index in [-0.39, 0.29) is 12.6 Å². The van der Waals surface area contributed by atoms with Gasteiger partial charge in [-0.25, -0.2) is 9.18 Å². The zero-order valence-corrected chi connectivity index (χ0v) is 23.4. The van der Waals surface area contributed by atoms with Crippen LogP contribution in [0.2, 0.25) is 0 Å². The molecule has 8 heteroatoms.